The molecule has 0 bridgehead atoms. The van der Waals surface area contributed by atoms with Crippen molar-refractivity contribution in [1.82, 2.24) is 5.32 Å². The Bertz CT molecular complexity index is 750. The van der Waals surface area contributed by atoms with Gasteiger partial charge in [0.2, 0.25) is 0 Å². The summed E-state index contributed by atoms with van der Waals surface area (Å²) in [5.74, 6) is 1.85. The van der Waals surface area contributed by atoms with Crippen LogP contribution in [-0.4, -0.2) is 19.1 Å². The van der Waals surface area contributed by atoms with Crippen LogP contribution in [0.2, 0.25) is 0 Å². The van der Waals surface area contributed by atoms with Gasteiger partial charge in [-0.25, -0.2) is 0 Å². The largest absolute Gasteiger partial charge is 0.493 e. The fourth-order valence-electron chi connectivity index (χ4n) is 3.36. The Kier molecular flexibility index (Phi) is 3.45. The number of fused-ring (bicyclic) bond motifs is 2. The van der Waals surface area contributed by atoms with E-state index in [1.807, 2.05) is 31.2 Å². The monoisotopic (exact) mass is 309 g/mol. The molecule has 4 heteroatoms. The highest BCUT2D eigenvalue weighted by Gasteiger charge is 2.26. The summed E-state index contributed by atoms with van der Waals surface area (Å²) in [7, 11) is 0. The average molecular weight is 309 g/mol. The molecule has 4 rings (SSSR count). The maximum atomic E-state index is 12.5. The number of carbonyl (C=O) groups is 1. The number of amides is 1. The van der Waals surface area contributed by atoms with Gasteiger partial charge in [0, 0.05) is 41.6 Å². The molecule has 0 radical (unpaired) electrons. The van der Waals surface area contributed by atoms with Gasteiger partial charge in [-0.05, 0) is 24.6 Å². The molecule has 0 spiro atoms. The van der Waals surface area contributed by atoms with Crippen molar-refractivity contribution in [3.63, 3.8) is 0 Å². The summed E-state index contributed by atoms with van der Waals surface area (Å²) >= 11 is 0. The maximum Gasteiger partial charge on any atom is 0.251 e. The molecule has 0 fully saturated rings. The van der Waals surface area contributed by atoms with Crippen molar-refractivity contribution >= 4 is 5.91 Å². The number of benzene rings is 2. The Hall–Kier alpha value is -2.49. The van der Waals surface area contributed by atoms with E-state index in [0.29, 0.717) is 25.3 Å². The Morgan fingerprint density at radius 2 is 2.00 bits per heavy atom. The van der Waals surface area contributed by atoms with E-state index < -0.39 is 0 Å². The Balaban J connectivity index is 1.61. The highest BCUT2D eigenvalue weighted by atomic mass is 16.5. The van der Waals surface area contributed by atoms with Crippen LogP contribution in [0.25, 0.3) is 0 Å². The van der Waals surface area contributed by atoms with Crippen molar-refractivity contribution in [3.8, 4) is 11.5 Å². The van der Waals surface area contributed by atoms with Crippen LogP contribution in [-0.2, 0) is 19.4 Å². The Morgan fingerprint density at radius 1 is 1.17 bits per heavy atom. The summed E-state index contributed by atoms with van der Waals surface area (Å²) in [6, 6.07) is 9.72. The molecule has 0 unspecified atom stereocenters. The topological polar surface area (TPSA) is 47.6 Å². The van der Waals surface area contributed by atoms with E-state index in [2.05, 4.69) is 11.4 Å². The third kappa shape index (κ3) is 2.44. The molecule has 118 valence electrons. The van der Waals surface area contributed by atoms with Gasteiger partial charge in [0.25, 0.3) is 5.91 Å². The van der Waals surface area contributed by atoms with Gasteiger partial charge in [-0.3, -0.25) is 4.79 Å². The fourth-order valence-corrected chi connectivity index (χ4v) is 3.36. The van der Waals surface area contributed by atoms with Gasteiger partial charge in [-0.2, -0.15) is 0 Å². The first-order chi connectivity index (χ1) is 11.2. The second-order valence-corrected chi connectivity index (χ2v) is 6.01. The first-order valence-electron chi connectivity index (χ1n) is 8.01. The number of nitrogens with one attached hydrogen (secondary N) is 1. The van der Waals surface area contributed by atoms with Crippen LogP contribution < -0.4 is 14.8 Å². The van der Waals surface area contributed by atoms with Crippen LogP contribution in [0.3, 0.4) is 0 Å². The summed E-state index contributed by atoms with van der Waals surface area (Å²) in [5.41, 5.74) is 5.14. The quantitative estimate of drug-likeness (QED) is 0.948. The molecule has 2 aliphatic rings. The minimum atomic E-state index is -0.0497. The third-order valence-corrected chi connectivity index (χ3v) is 4.58. The van der Waals surface area contributed by atoms with Crippen molar-refractivity contribution in [2.75, 3.05) is 13.2 Å². The van der Waals surface area contributed by atoms with Gasteiger partial charge in [0.1, 0.15) is 11.5 Å². The minimum absolute atomic E-state index is 0.0497. The smallest absolute Gasteiger partial charge is 0.251 e. The normalized spacial score (nSPS) is 14.7. The molecule has 2 aromatic carbocycles. The Labute approximate surface area is 135 Å². The summed E-state index contributed by atoms with van der Waals surface area (Å²) in [4.78, 5) is 12.5. The standard InChI is InChI=1S/C19H19NO3/c1-12-4-2-3-5-14(12)19(21)20-11-16-15-7-9-22-17(15)10-13-6-8-23-18(13)16/h2-5,10H,6-9,11H2,1H3,(H,20,21). The van der Waals surface area contributed by atoms with E-state index >= 15 is 0 Å². The van der Waals surface area contributed by atoms with Crippen LogP contribution in [0.1, 0.15) is 32.6 Å². The van der Waals surface area contributed by atoms with E-state index in [0.717, 1.165) is 35.5 Å². The fraction of sp³-hybridized carbons (Fsp3) is 0.316. The SMILES string of the molecule is Cc1ccccc1C(=O)NCc1c2c(cc3c1OCC3)OCC2. The second-order valence-electron chi connectivity index (χ2n) is 6.01. The zero-order chi connectivity index (χ0) is 15.8. The molecule has 0 atom stereocenters. The minimum Gasteiger partial charge on any atom is -0.493 e. The molecule has 0 aromatic heterocycles. The molecule has 0 saturated carbocycles. The molecule has 2 aliphatic heterocycles. The van der Waals surface area contributed by atoms with Crippen molar-refractivity contribution in [2.45, 2.75) is 26.3 Å². The molecule has 23 heavy (non-hydrogen) atoms. The highest BCUT2D eigenvalue weighted by Crippen LogP contribution is 2.40. The molecule has 4 nitrogen and oxygen atoms in total. The molecule has 0 saturated heterocycles. The number of hydrogen-bond donors (Lipinski definition) is 1. The molecule has 1 N–H and O–H groups in total. The van der Waals surface area contributed by atoms with Crippen molar-refractivity contribution < 1.29 is 14.3 Å². The lowest BCUT2D eigenvalue weighted by Gasteiger charge is -2.14. The van der Waals surface area contributed by atoms with Crippen LogP contribution in [0.15, 0.2) is 30.3 Å². The zero-order valence-electron chi connectivity index (χ0n) is 13.1. The van der Waals surface area contributed by atoms with Gasteiger partial charge in [0.05, 0.1) is 13.2 Å². The predicted molar refractivity (Wildman–Crippen MR) is 87.2 cm³/mol. The number of hydrogen-bond acceptors (Lipinski definition) is 3. The number of carbonyl (C=O) groups excluding carboxylic acids is 1. The van der Waals surface area contributed by atoms with Crippen molar-refractivity contribution in [1.29, 1.82) is 0 Å². The lowest BCUT2D eigenvalue weighted by molar-refractivity contribution is 0.0950. The van der Waals surface area contributed by atoms with Gasteiger partial charge in [-0.1, -0.05) is 18.2 Å². The summed E-state index contributed by atoms with van der Waals surface area (Å²) in [6.07, 6.45) is 1.78. The summed E-state index contributed by atoms with van der Waals surface area (Å²) in [6.45, 7) is 3.83. The molecule has 0 aliphatic carbocycles. The molecule has 1 amide bonds. The van der Waals surface area contributed by atoms with Gasteiger partial charge < -0.3 is 14.8 Å². The van der Waals surface area contributed by atoms with Crippen LogP contribution >= 0.6 is 0 Å². The van der Waals surface area contributed by atoms with E-state index in [1.54, 1.807) is 0 Å². The van der Waals surface area contributed by atoms with Gasteiger partial charge in [0.15, 0.2) is 0 Å². The zero-order valence-corrected chi connectivity index (χ0v) is 13.1. The molecule has 2 heterocycles. The molecular weight excluding hydrogens is 290 g/mol. The van der Waals surface area contributed by atoms with E-state index in [4.69, 9.17) is 9.47 Å². The lowest BCUT2D eigenvalue weighted by Crippen LogP contribution is -2.24. The summed E-state index contributed by atoms with van der Waals surface area (Å²) < 4.78 is 11.5. The van der Waals surface area contributed by atoms with Crippen LogP contribution in [0, 0.1) is 6.92 Å². The first kappa shape index (κ1) is 14.1. The van der Waals surface area contributed by atoms with E-state index in [-0.39, 0.29) is 5.91 Å². The van der Waals surface area contributed by atoms with E-state index in [9.17, 15) is 4.79 Å². The Morgan fingerprint density at radius 3 is 2.87 bits per heavy atom. The lowest BCUT2D eigenvalue weighted by atomic mass is 9.99. The number of rotatable bonds is 3. The van der Waals surface area contributed by atoms with Crippen molar-refractivity contribution in [2.24, 2.45) is 0 Å². The molecule has 2 aromatic rings. The van der Waals surface area contributed by atoms with Crippen LogP contribution in [0.4, 0.5) is 0 Å². The van der Waals surface area contributed by atoms with Crippen LogP contribution in [0.5, 0.6) is 11.5 Å². The maximum absolute atomic E-state index is 12.5. The number of aryl methyl sites for hydroxylation is 1. The highest BCUT2D eigenvalue weighted by molar-refractivity contribution is 5.95. The average Bonchev–Trinajstić information content (AvgIpc) is 3.20. The van der Waals surface area contributed by atoms with Crippen molar-refractivity contribution in [3.05, 3.63) is 58.1 Å². The first-order valence-corrected chi connectivity index (χ1v) is 8.01. The predicted octanol–water partition coefficient (Wildman–Crippen LogP) is 2.79. The molecular formula is C19H19NO3. The third-order valence-electron chi connectivity index (χ3n) is 4.58. The second kappa shape index (κ2) is 5.61. The summed E-state index contributed by atoms with van der Waals surface area (Å²) in [5, 5.41) is 3.04. The number of ether oxygens (including phenoxy) is 2. The van der Waals surface area contributed by atoms with Gasteiger partial charge in [-0.15, -0.1) is 0 Å². The van der Waals surface area contributed by atoms with E-state index in [1.165, 1.54) is 11.1 Å². The van der Waals surface area contributed by atoms with Gasteiger partial charge >= 0.3 is 0 Å².